The number of halogens is 1. The molecular weight excluding hydrogens is 284 g/mol. The van der Waals surface area contributed by atoms with Crippen molar-refractivity contribution in [2.45, 2.75) is 6.42 Å². The van der Waals surface area contributed by atoms with Gasteiger partial charge in [0.15, 0.2) is 0 Å². The van der Waals surface area contributed by atoms with Gasteiger partial charge in [-0.1, -0.05) is 29.8 Å². The Morgan fingerprint density at radius 2 is 1.81 bits per heavy atom. The second-order valence-corrected chi connectivity index (χ2v) is 5.18. The molecule has 3 nitrogen and oxygen atoms in total. The molecule has 0 saturated carbocycles. The van der Waals surface area contributed by atoms with E-state index in [0.29, 0.717) is 23.2 Å². The van der Waals surface area contributed by atoms with Crippen LogP contribution in [0.2, 0.25) is 5.02 Å². The lowest BCUT2D eigenvalue weighted by Gasteiger charge is -2.11. The first-order chi connectivity index (χ1) is 10.3. The molecule has 106 valence electrons. The van der Waals surface area contributed by atoms with Gasteiger partial charge in [0.2, 0.25) is 5.88 Å². The highest BCUT2D eigenvalue weighted by atomic mass is 35.5. The summed E-state index contributed by atoms with van der Waals surface area (Å²) in [5.74, 6) is 1.31. The molecule has 0 bridgehead atoms. The van der Waals surface area contributed by atoms with Gasteiger partial charge in [-0.3, -0.25) is 0 Å². The summed E-state index contributed by atoms with van der Waals surface area (Å²) in [6.45, 7) is 0.553. The van der Waals surface area contributed by atoms with E-state index in [1.54, 1.807) is 12.1 Å². The standard InChI is InChI=1S/C17H15ClN2O/c18-14-5-7-15(8-6-14)21-17-13(9-10-19)11-12-3-1-2-4-16(12)20-17/h1-8,11H,9-10,19H2. The number of hydrogen-bond acceptors (Lipinski definition) is 3. The van der Waals surface area contributed by atoms with Gasteiger partial charge in [0.05, 0.1) is 5.52 Å². The van der Waals surface area contributed by atoms with E-state index in [-0.39, 0.29) is 0 Å². The van der Waals surface area contributed by atoms with Gasteiger partial charge in [-0.2, -0.15) is 0 Å². The smallest absolute Gasteiger partial charge is 0.223 e. The number of aromatic nitrogens is 1. The van der Waals surface area contributed by atoms with Gasteiger partial charge in [0.1, 0.15) is 5.75 Å². The number of para-hydroxylation sites is 1. The Kier molecular flexibility index (Phi) is 4.04. The van der Waals surface area contributed by atoms with Gasteiger partial charge in [0.25, 0.3) is 0 Å². The molecule has 0 fully saturated rings. The van der Waals surface area contributed by atoms with Crippen LogP contribution in [0.3, 0.4) is 0 Å². The predicted octanol–water partition coefficient (Wildman–Crippen LogP) is 4.18. The van der Waals surface area contributed by atoms with Gasteiger partial charge in [0, 0.05) is 16.0 Å². The Morgan fingerprint density at radius 3 is 2.57 bits per heavy atom. The van der Waals surface area contributed by atoms with Crippen molar-refractivity contribution < 1.29 is 4.74 Å². The summed E-state index contributed by atoms with van der Waals surface area (Å²) >= 11 is 5.89. The van der Waals surface area contributed by atoms with Crippen molar-refractivity contribution >= 4 is 22.5 Å². The highest BCUT2D eigenvalue weighted by molar-refractivity contribution is 6.30. The third-order valence-corrected chi connectivity index (χ3v) is 3.46. The molecule has 1 aromatic heterocycles. The van der Waals surface area contributed by atoms with E-state index in [9.17, 15) is 0 Å². The molecule has 0 unspecified atom stereocenters. The van der Waals surface area contributed by atoms with Crippen LogP contribution in [0.15, 0.2) is 54.6 Å². The zero-order valence-electron chi connectivity index (χ0n) is 11.4. The molecule has 0 aliphatic carbocycles. The highest BCUT2D eigenvalue weighted by Crippen LogP contribution is 2.28. The molecule has 3 aromatic rings. The zero-order valence-corrected chi connectivity index (χ0v) is 12.2. The average molecular weight is 299 g/mol. The van der Waals surface area contributed by atoms with Crippen molar-refractivity contribution in [1.29, 1.82) is 0 Å². The molecule has 0 aliphatic heterocycles. The first-order valence-electron chi connectivity index (χ1n) is 6.78. The summed E-state index contributed by atoms with van der Waals surface area (Å²) in [6, 6.07) is 17.3. The molecule has 2 N–H and O–H groups in total. The van der Waals surface area contributed by atoms with E-state index in [1.165, 1.54) is 0 Å². The summed E-state index contributed by atoms with van der Waals surface area (Å²) < 4.78 is 5.90. The minimum absolute atomic E-state index is 0.553. The van der Waals surface area contributed by atoms with Crippen molar-refractivity contribution in [1.82, 2.24) is 4.98 Å². The van der Waals surface area contributed by atoms with E-state index in [2.05, 4.69) is 11.1 Å². The number of nitrogens with zero attached hydrogens (tertiary/aromatic N) is 1. The summed E-state index contributed by atoms with van der Waals surface area (Å²) in [5.41, 5.74) is 7.60. The summed E-state index contributed by atoms with van der Waals surface area (Å²) in [4.78, 5) is 4.60. The first-order valence-corrected chi connectivity index (χ1v) is 7.16. The molecule has 0 atom stereocenters. The molecule has 21 heavy (non-hydrogen) atoms. The predicted molar refractivity (Wildman–Crippen MR) is 86.0 cm³/mol. The highest BCUT2D eigenvalue weighted by Gasteiger charge is 2.09. The van der Waals surface area contributed by atoms with Crippen LogP contribution in [0, 0.1) is 0 Å². The van der Waals surface area contributed by atoms with E-state index >= 15 is 0 Å². The fourth-order valence-electron chi connectivity index (χ4n) is 2.18. The lowest BCUT2D eigenvalue weighted by molar-refractivity contribution is 0.458. The molecule has 0 aliphatic rings. The van der Waals surface area contributed by atoms with Crippen LogP contribution in [0.1, 0.15) is 5.56 Å². The molecule has 0 amide bonds. The first kappa shape index (κ1) is 13.9. The van der Waals surface area contributed by atoms with E-state index in [4.69, 9.17) is 22.1 Å². The molecule has 3 rings (SSSR count). The fraction of sp³-hybridized carbons (Fsp3) is 0.118. The summed E-state index contributed by atoms with van der Waals surface area (Å²) in [6.07, 6.45) is 0.723. The largest absolute Gasteiger partial charge is 0.439 e. The number of benzene rings is 2. The molecule has 2 aromatic carbocycles. The Balaban J connectivity index is 2.02. The van der Waals surface area contributed by atoms with Crippen LogP contribution in [0.25, 0.3) is 10.9 Å². The zero-order chi connectivity index (χ0) is 14.7. The summed E-state index contributed by atoms with van der Waals surface area (Å²) in [7, 11) is 0. The Bertz CT molecular complexity index is 756. The van der Waals surface area contributed by atoms with Gasteiger partial charge in [-0.05, 0) is 49.4 Å². The SMILES string of the molecule is NCCc1cc2ccccc2nc1Oc1ccc(Cl)cc1. The summed E-state index contributed by atoms with van der Waals surface area (Å²) in [5, 5.41) is 1.76. The number of rotatable bonds is 4. The Hall–Kier alpha value is -2.10. The molecule has 0 spiro atoms. The Morgan fingerprint density at radius 1 is 1.05 bits per heavy atom. The average Bonchev–Trinajstić information content (AvgIpc) is 2.50. The molecule has 4 heteroatoms. The molecular formula is C17H15ClN2O. The van der Waals surface area contributed by atoms with E-state index in [0.717, 1.165) is 22.9 Å². The maximum absolute atomic E-state index is 5.90. The van der Waals surface area contributed by atoms with E-state index < -0.39 is 0 Å². The minimum Gasteiger partial charge on any atom is -0.439 e. The third kappa shape index (κ3) is 3.15. The van der Waals surface area contributed by atoms with Crippen LogP contribution >= 0.6 is 11.6 Å². The topological polar surface area (TPSA) is 48.1 Å². The number of pyridine rings is 1. The second-order valence-electron chi connectivity index (χ2n) is 4.74. The number of nitrogens with two attached hydrogens (primary N) is 1. The third-order valence-electron chi connectivity index (χ3n) is 3.21. The number of ether oxygens (including phenoxy) is 1. The van der Waals surface area contributed by atoms with Crippen LogP contribution in [0.4, 0.5) is 0 Å². The monoisotopic (exact) mass is 298 g/mol. The van der Waals surface area contributed by atoms with Gasteiger partial charge >= 0.3 is 0 Å². The normalized spacial score (nSPS) is 10.8. The van der Waals surface area contributed by atoms with Crippen molar-refractivity contribution in [3.8, 4) is 11.6 Å². The molecule has 0 radical (unpaired) electrons. The minimum atomic E-state index is 0.553. The van der Waals surface area contributed by atoms with Crippen LogP contribution in [-0.2, 0) is 6.42 Å². The second kappa shape index (κ2) is 6.12. The quantitative estimate of drug-likeness (QED) is 0.786. The molecule has 1 heterocycles. The number of hydrogen-bond donors (Lipinski definition) is 1. The van der Waals surface area contributed by atoms with E-state index in [1.807, 2.05) is 36.4 Å². The fourth-order valence-corrected chi connectivity index (χ4v) is 2.31. The van der Waals surface area contributed by atoms with Crippen LogP contribution < -0.4 is 10.5 Å². The van der Waals surface area contributed by atoms with Gasteiger partial charge < -0.3 is 10.5 Å². The van der Waals surface area contributed by atoms with Crippen LogP contribution in [0.5, 0.6) is 11.6 Å². The Labute approximate surface area is 128 Å². The lowest BCUT2D eigenvalue weighted by atomic mass is 10.1. The van der Waals surface area contributed by atoms with Crippen molar-refractivity contribution in [2.75, 3.05) is 6.54 Å². The van der Waals surface area contributed by atoms with Crippen LogP contribution in [-0.4, -0.2) is 11.5 Å². The number of fused-ring (bicyclic) bond motifs is 1. The maximum Gasteiger partial charge on any atom is 0.223 e. The maximum atomic E-state index is 5.90. The van der Waals surface area contributed by atoms with Crippen molar-refractivity contribution in [2.24, 2.45) is 5.73 Å². The van der Waals surface area contributed by atoms with Crippen molar-refractivity contribution in [3.63, 3.8) is 0 Å². The molecule has 0 saturated heterocycles. The lowest BCUT2D eigenvalue weighted by Crippen LogP contribution is -2.05. The van der Waals surface area contributed by atoms with Crippen molar-refractivity contribution in [3.05, 3.63) is 65.2 Å². The van der Waals surface area contributed by atoms with Gasteiger partial charge in [-0.15, -0.1) is 0 Å². The van der Waals surface area contributed by atoms with Gasteiger partial charge in [-0.25, -0.2) is 4.98 Å².